The highest BCUT2D eigenvalue weighted by Crippen LogP contribution is 2.51. The molecule has 37 heavy (non-hydrogen) atoms. The lowest BCUT2D eigenvalue weighted by Gasteiger charge is -2.42. The van der Waals surface area contributed by atoms with E-state index in [4.69, 9.17) is 9.47 Å². The molecule has 0 spiro atoms. The first kappa shape index (κ1) is 27.1. The zero-order valence-corrected chi connectivity index (χ0v) is 22.5. The van der Waals surface area contributed by atoms with Crippen LogP contribution in [0.15, 0.2) is 53.5 Å². The molecule has 1 aromatic heterocycles. The molecule has 0 aromatic carbocycles. The summed E-state index contributed by atoms with van der Waals surface area (Å²) in [6.45, 7) is 10.0. The van der Waals surface area contributed by atoms with Crippen LogP contribution in [0.4, 0.5) is 0 Å². The fourth-order valence-corrected chi connectivity index (χ4v) is 6.18. The fourth-order valence-electron chi connectivity index (χ4n) is 6.18. The quantitative estimate of drug-likeness (QED) is 0.334. The van der Waals surface area contributed by atoms with Gasteiger partial charge in [0, 0.05) is 24.7 Å². The maximum absolute atomic E-state index is 13.2. The minimum atomic E-state index is -2.03. The number of nitrogens with zero attached hydrogens (tertiary/aromatic N) is 2. The normalized spacial score (nSPS) is 33.7. The summed E-state index contributed by atoms with van der Waals surface area (Å²) in [6, 6.07) is 0. The molecule has 1 aliphatic carbocycles. The van der Waals surface area contributed by atoms with Crippen LogP contribution in [-0.2, 0) is 26.1 Å². The van der Waals surface area contributed by atoms with Crippen LogP contribution in [0.2, 0.25) is 0 Å². The van der Waals surface area contributed by atoms with Crippen LogP contribution in [0.1, 0.15) is 53.2 Å². The van der Waals surface area contributed by atoms with E-state index in [2.05, 4.69) is 31.8 Å². The number of carbonyl (C=O) groups is 2. The van der Waals surface area contributed by atoms with E-state index in [1.807, 2.05) is 13.1 Å². The van der Waals surface area contributed by atoms with Crippen molar-refractivity contribution in [3.05, 3.63) is 59.2 Å². The van der Waals surface area contributed by atoms with Gasteiger partial charge in [-0.1, -0.05) is 37.6 Å². The Morgan fingerprint density at radius 3 is 2.68 bits per heavy atom. The van der Waals surface area contributed by atoms with E-state index < -0.39 is 29.2 Å². The van der Waals surface area contributed by atoms with Gasteiger partial charge in [0.05, 0.1) is 29.8 Å². The lowest BCUT2D eigenvalue weighted by atomic mass is 9.63. The molecule has 1 aromatic rings. The molecule has 3 aliphatic rings. The maximum Gasteiger partial charge on any atom is 0.339 e. The van der Waals surface area contributed by atoms with Crippen LogP contribution in [-0.4, -0.2) is 49.7 Å². The van der Waals surface area contributed by atoms with Crippen molar-refractivity contribution in [2.45, 2.75) is 58.8 Å². The minimum absolute atomic E-state index is 0.0518. The molecule has 0 fully saturated rings. The van der Waals surface area contributed by atoms with E-state index >= 15 is 0 Å². The van der Waals surface area contributed by atoms with Gasteiger partial charge < -0.3 is 24.3 Å². The van der Waals surface area contributed by atoms with Gasteiger partial charge in [-0.15, -0.1) is 0 Å². The lowest BCUT2D eigenvalue weighted by molar-refractivity contribution is -0.196. The van der Waals surface area contributed by atoms with Gasteiger partial charge in [0.15, 0.2) is 0 Å². The highest BCUT2D eigenvalue weighted by atomic mass is 16.6. The Hall–Kier alpha value is -2.97. The summed E-state index contributed by atoms with van der Waals surface area (Å²) in [6.07, 6.45) is 13.5. The number of carboxylic acid groups (broad SMARTS) is 1. The predicted octanol–water partition coefficient (Wildman–Crippen LogP) is 4.29. The van der Waals surface area contributed by atoms with Crippen molar-refractivity contribution in [1.82, 2.24) is 9.55 Å². The van der Waals surface area contributed by atoms with Gasteiger partial charge in [-0.2, -0.15) is 0 Å². The number of ether oxygens (including phenoxy) is 2. The Kier molecular flexibility index (Phi) is 7.36. The van der Waals surface area contributed by atoms with E-state index in [1.165, 1.54) is 6.08 Å². The third kappa shape index (κ3) is 5.09. The van der Waals surface area contributed by atoms with E-state index in [-0.39, 0.29) is 35.5 Å². The van der Waals surface area contributed by atoms with Crippen molar-refractivity contribution in [2.24, 2.45) is 36.6 Å². The number of rotatable bonds is 6. The molecule has 0 saturated heterocycles. The molecule has 8 heteroatoms. The Morgan fingerprint density at radius 1 is 1.35 bits per heavy atom. The van der Waals surface area contributed by atoms with Crippen LogP contribution >= 0.6 is 0 Å². The molecule has 8 nitrogen and oxygen atoms in total. The molecule has 0 amide bonds. The highest BCUT2D eigenvalue weighted by Gasteiger charge is 2.54. The van der Waals surface area contributed by atoms with Gasteiger partial charge in [-0.25, -0.2) is 14.6 Å². The number of imidazole rings is 1. The van der Waals surface area contributed by atoms with Crippen LogP contribution < -0.4 is 0 Å². The van der Waals surface area contributed by atoms with Crippen molar-refractivity contribution < 1.29 is 29.3 Å². The number of hydrogen-bond donors (Lipinski definition) is 2. The number of carboxylic acids is 1. The molecule has 6 atom stereocenters. The van der Waals surface area contributed by atoms with Crippen LogP contribution in [0.25, 0.3) is 6.08 Å². The van der Waals surface area contributed by atoms with Gasteiger partial charge in [0.1, 0.15) is 0 Å². The number of aromatic nitrogens is 2. The van der Waals surface area contributed by atoms with Crippen molar-refractivity contribution in [2.75, 3.05) is 6.61 Å². The Labute approximate surface area is 218 Å². The number of esters is 1. The second kappa shape index (κ2) is 10.1. The summed E-state index contributed by atoms with van der Waals surface area (Å²) in [7, 11) is 1.82. The first-order valence-electron chi connectivity index (χ1n) is 13.0. The standard InChI is InChI=1S/C29H38N2O6/c1-7-36-27(34)25-14-22-20(17(2)3)9-8-18(4)21(22)13-24(28(5)10-11-29(25,35)37-28)23(26(32)33)12-19-15-31(6)16-30-19/h8,10-12,14-17,20-22,24,35H,7,9,13H2,1-6H3,(H,32,33)/t20-,21+,22+,24?,28+,29-/m1/s1. The number of fused-ring (bicyclic) bond motifs is 3. The summed E-state index contributed by atoms with van der Waals surface area (Å²) in [5.74, 6) is -4.03. The Balaban J connectivity index is 1.92. The molecule has 2 bridgehead atoms. The van der Waals surface area contributed by atoms with Crippen molar-refractivity contribution in [3.63, 3.8) is 0 Å². The number of hydrogen-bond acceptors (Lipinski definition) is 6. The van der Waals surface area contributed by atoms with Gasteiger partial charge in [-0.3, -0.25) is 0 Å². The topological polar surface area (TPSA) is 111 Å². The predicted molar refractivity (Wildman–Crippen MR) is 139 cm³/mol. The zero-order chi connectivity index (χ0) is 27.1. The largest absolute Gasteiger partial charge is 0.478 e. The summed E-state index contributed by atoms with van der Waals surface area (Å²) in [5.41, 5.74) is 0.674. The average Bonchev–Trinajstić information content (AvgIpc) is 3.38. The van der Waals surface area contributed by atoms with Crippen molar-refractivity contribution in [3.8, 4) is 0 Å². The molecule has 3 heterocycles. The number of aliphatic carboxylic acids is 1. The third-order valence-electron chi connectivity index (χ3n) is 8.20. The molecule has 2 N–H and O–H groups in total. The summed E-state index contributed by atoms with van der Waals surface area (Å²) >= 11 is 0. The number of allylic oxidation sites excluding steroid dienone is 3. The van der Waals surface area contributed by atoms with Crippen LogP contribution in [0.5, 0.6) is 0 Å². The van der Waals surface area contributed by atoms with E-state index in [1.54, 1.807) is 43.1 Å². The third-order valence-corrected chi connectivity index (χ3v) is 8.20. The molecule has 200 valence electrons. The fraction of sp³-hybridized carbons (Fsp3) is 0.552. The number of carbonyl (C=O) groups excluding carboxylic acids is 1. The second-order valence-corrected chi connectivity index (χ2v) is 11.0. The monoisotopic (exact) mass is 510 g/mol. The molecule has 4 rings (SSSR count). The van der Waals surface area contributed by atoms with E-state index in [0.717, 1.165) is 12.0 Å². The molecule has 2 aliphatic heterocycles. The molecule has 0 saturated carbocycles. The van der Waals surface area contributed by atoms with Crippen LogP contribution in [0.3, 0.4) is 0 Å². The van der Waals surface area contributed by atoms with Gasteiger partial charge >= 0.3 is 11.9 Å². The van der Waals surface area contributed by atoms with Gasteiger partial charge in [-0.05, 0) is 69.4 Å². The van der Waals surface area contributed by atoms with Crippen molar-refractivity contribution in [1.29, 1.82) is 0 Å². The SMILES string of the molecule is CCOC(=O)C1=C[C@H]2[C@@H](C(C)C)CC=C(C)[C@@H]2CC(C(=Cc2cn(C)cn2)C(=O)O)[C@]2(C)C=C[C@@]1(O)O2. The van der Waals surface area contributed by atoms with E-state index in [9.17, 15) is 19.8 Å². The highest BCUT2D eigenvalue weighted by molar-refractivity contribution is 5.93. The number of aryl methyl sites for hydroxylation is 1. The molecule has 0 radical (unpaired) electrons. The van der Waals surface area contributed by atoms with E-state index in [0.29, 0.717) is 18.0 Å². The second-order valence-electron chi connectivity index (χ2n) is 11.0. The van der Waals surface area contributed by atoms with Crippen LogP contribution in [0, 0.1) is 29.6 Å². The van der Waals surface area contributed by atoms with Crippen molar-refractivity contribution >= 4 is 18.0 Å². The summed E-state index contributed by atoms with van der Waals surface area (Å²) in [5, 5.41) is 22.1. The summed E-state index contributed by atoms with van der Waals surface area (Å²) in [4.78, 5) is 30.2. The van der Waals surface area contributed by atoms with Gasteiger partial charge in [0.2, 0.25) is 5.79 Å². The zero-order valence-electron chi connectivity index (χ0n) is 22.5. The first-order valence-corrected chi connectivity index (χ1v) is 13.0. The Bertz CT molecular complexity index is 1190. The number of aliphatic hydroxyl groups is 1. The maximum atomic E-state index is 13.2. The molecule has 1 unspecified atom stereocenters. The molecular weight excluding hydrogens is 472 g/mol. The van der Waals surface area contributed by atoms with Gasteiger partial charge in [0.25, 0.3) is 0 Å². The lowest BCUT2D eigenvalue weighted by Crippen LogP contribution is -2.44. The molecular formula is C29H38N2O6. The first-order chi connectivity index (χ1) is 17.4. The summed E-state index contributed by atoms with van der Waals surface area (Å²) < 4.78 is 13.4. The average molecular weight is 511 g/mol. The Morgan fingerprint density at radius 2 is 2.08 bits per heavy atom. The smallest absolute Gasteiger partial charge is 0.339 e. The minimum Gasteiger partial charge on any atom is -0.478 e.